The molecule has 1 aliphatic rings. The fourth-order valence-electron chi connectivity index (χ4n) is 5.31. The van der Waals surface area contributed by atoms with E-state index in [1.807, 2.05) is 27.7 Å². The van der Waals surface area contributed by atoms with Crippen LogP contribution in [0.3, 0.4) is 0 Å². The Morgan fingerprint density at radius 1 is 0.818 bits per heavy atom. The molecule has 0 aromatic heterocycles. The summed E-state index contributed by atoms with van der Waals surface area (Å²) in [6.07, 6.45) is 20.2. The van der Waals surface area contributed by atoms with Crippen molar-refractivity contribution in [3.05, 3.63) is 0 Å². The van der Waals surface area contributed by atoms with E-state index in [0.29, 0.717) is 26.0 Å². The SMILES string of the molecule is CCCCCCCCCCCCCCCCNCC(O)COC1CC(C)(C)N([O])C(C)(C)C1. The first-order valence-electron chi connectivity index (χ1n) is 14.2. The van der Waals surface area contributed by atoms with Gasteiger partial charge in [-0.15, -0.1) is 10.3 Å². The van der Waals surface area contributed by atoms with Gasteiger partial charge in [0.2, 0.25) is 0 Å². The summed E-state index contributed by atoms with van der Waals surface area (Å²) in [7, 11) is 0. The van der Waals surface area contributed by atoms with Gasteiger partial charge in [0.15, 0.2) is 0 Å². The zero-order valence-electron chi connectivity index (χ0n) is 22.8. The van der Waals surface area contributed by atoms with E-state index in [-0.39, 0.29) is 6.10 Å². The second kappa shape index (κ2) is 17.3. The summed E-state index contributed by atoms with van der Waals surface area (Å²) in [6, 6.07) is 0. The van der Waals surface area contributed by atoms with Gasteiger partial charge in [-0.3, -0.25) is 0 Å². The van der Waals surface area contributed by atoms with Gasteiger partial charge in [-0.2, -0.15) is 0 Å². The highest BCUT2D eigenvalue weighted by Gasteiger charge is 2.46. The van der Waals surface area contributed by atoms with Crippen molar-refractivity contribution in [1.82, 2.24) is 10.4 Å². The van der Waals surface area contributed by atoms with Crippen molar-refractivity contribution in [3.63, 3.8) is 0 Å². The molecule has 1 radical (unpaired) electrons. The van der Waals surface area contributed by atoms with Crippen LogP contribution in [0.5, 0.6) is 0 Å². The predicted molar refractivity (Wildman–Crippen MR) is 139 cm³/mol. The van der Waals surface area contributed by atoms with Crippen LogP contribution in [0.25, 0.3) is 0 Å². The molecule has 1 rings (SSSR count). The lowest BCUT2D eigenvalue weighted by molar-refractivity contribution is -0.301. The molecule has 2 N–H and O–H groups in total. The number of aliphatic hydroxyl groups excluding tert-OH is 1. The molecule has 5 nitrogen and oxygen atoms in total. The third-order valence-electron chi connectivity index (χ3n) is 7.17. The van der Waals surface area contributed by atoms with Crippen LogP contribution in [-0.4, -0.2) is 53.2 Å². The number of unbranched alkanes of at least 4 members (excludes halogenated alkanes) is 13. The van der Waals surface area contributed by atoms with Crippen LogP contribution in [0.15, 0.2) is 0 Å². The van der Waals surface area contributed by atoms with Gasteiger partial charge in [0.1, 0.15) is 0 Å². The molecule has 0 amide bonds. The highest BCUT2D eigenvalue weighted by molar-refractivity contribution is 4.96. The monoisotopic (exact) mass is 469 g/mol. The quantitative estimate of drug-likeness (QED) is 0.192. The highest BCUT2D eigenvalue weighted by Crippen LogP contribution is 2.38. The van der Waals surface area contributed by atoms with Crippen LogP contribution in [0.1, 0.15) is 137 Å². The summed E-state index contributed by atoms with van der Waals surface area (Å²) in [6.45, 7) is 12.1. The van der Waals surface area contributed by atoms with E-state index >= 15 is 0 Å². The number of nitrogens with zero attached hydrogens (tertiary/aromatic N) is 1. The molecule has 1 fully saturated rings. The van der Waals surface area contributed by atoms with E-state index in [4.69, 9.17) is 4.74 Å². The standard InChI is InChI=1S/C28H57N2O3/c1-6-7-8-9-10-11-12-13-14-15-16-17-18-19-20-29-23-25(31)24-33-26-21-27(2,3)30(32)28(4,5)22-26/h25-26,29,31H,6-24H2,1-5H3. The van der Waals surface area contributed by atoms with E-state index in [2.05, 4.69) is 12.2 Å². The van der Waals surface area contributed by atoms with Crippen molar-refractivity contribution < 1.29 is 15.1 Å². The molecule has 1 atom stereocenters. The van der Waals surface area contributed by atoms with Crippen molar-refractivity contribution in [1.29, 1.82) is 0 Å². The van der Waals surface area contributed by atoms with E-state index in [1.165, 1.54) is 95.0 Å². The molecule has 1 unspecified atom stereocenters. The average Bonchev–Trinajstić information content (AvgIpc) is 2.75. The molecule has 197 valence electrons. The second-order valence-corrected chi connectivity index (χ2v) is 11.7. The molecule has 0 bridgehead atoms. The van der Waals surface area contributed by atoms with Gasteiger partial charge in [0.25, 0.3) is 0 Å². The molecule has 0 aliphatic carbocycles. The Kier molecular flexibility index (Phi) is 16.1. The minimum Gasteiger partial charge on any atom is -0.389 e. The predicted octanol–water partition coefficient (Wildman–Crippen LogP) is 6.80. The third kappa shape index (κ3) is 14.1. The van der Waals surface area contributed by atoms with Crippen molar-refractivity contribution in [2.24, 2.45) is 0 Å². The highest BCUT2D eigenvalue weighted by atomic mass is 16.5. The number of hydroxylamine groups is 2. The van der Waals surface area contributed by atoms with Crippen LogP contribution in [0, 0.1) is 0 Å². The van der Waals surface area contributed by atoms with Crippen LogP contribution in [0.4, 0.5) is 0 Å². The molecule has 0 spiro atoms. The van der Waals surface area contributed by atoms with Crippen LogP contribution < -0.4 is 5.32 Å². The first-order valence-corrected chi connectivity index (χ1v) is 14.2. The third-order valence-corrected chi connectivity index (χ3v) is 7.17. The molecule has 1 aliphatic heterocycles. The molecular formula is C28H57N2O3. The van der Waals surface area contributed by atoms with Crippen molar-refractivity contribution in [3.8, 4) is 0 Å². The number of piperidine rings is 1. The molecular weight excluding hydrogens is 412 g/mol. The molecule has 1 heterocycles. The van der Waals surface area contributed by atoms with Gasteiger partial charge in [-0.25, -0.2) is 0 Å². The lowest BCUT2D eigenvalue weighted by atomic mass is 9.80. The number of ether oxygens (including phenoxy) is 1. The van der Waals surface area contributed by atoms with Gasteiger partial charge >= 0.3 is 0 Å². The normalized spacial score (nSPS) is 19.7. The Hall–Kier alpha value is -0.200. The maximum atomic E-state index is 12.4. The van der Waals surface area contributed by atoms with Gasteiger partial charge in [-0.05, 0) is 53.5 Å². The summed E-state index contributed by atoms with van der Waals surface area (Å²) < 4.78 is 5.99. The molecule has 0 aromatic carbocycles. The molecule has 0 aromatic rings. The number of rotatable bonds is 20. The summed E-state index contributed by atoms with van der Waals surface area (Å²) >= 11 is 0. The number of aliphatic hydroxyl groups is 1. The fraction of sp³-hybridized carbons (Fsp3) is 1.00. The van der Waals surface area contributed by atoms with Gasteiger partial charge in [-0.1, -0.05) is 90.4 Å². The first-order chi connectivity index (χ1) is 15.7. The summed E-state index contributed by atoms with van der Waals surface area (Å²) in [5.41, 5.74) is -0.854. The van der Waals surface area contributed by atoms with Gasteiger partial charge < -0.3 is 15.2 Å². The zero-order chi connectivity index (χ0) is 24.6. The fourth-order valence-corrected chi connectivity index (χ4v) is 5.31. The lowest BCUT2D eigenvalue weighted by Gasteiger charge is -2.49. The molecule has 0 saturated carbocycles. The van der Waals surface area contributed by atoms with E-state index in [0.717, 1.165) is 6.54 Å². The average molecular weight is 470 g/mol. The maximum absolute atomic E-state index is 12.4. The van der Waals surface area contributed by atoms with E-state index in [1.54, 1.807) is 0 Å². The largest absolute Gasteiger partial charge is 0.389 e. The molecule has 33 heavy (non-hydrogen) atoms. The Bertz CT molecular complexity index is 452. The Morgan fingerprint density at radius 3 is 1.70 bits per heavy atom. The molecule has 5 heteroatoms. The van der Waals surface area contributed by atoms with Crippen molar-refractivity contribution in [2.75, 3.05) is 19.7 Å². The number of nitrogens with one attached hydrogen (secondary N) is 1. The van der Waals surface area contributed by atoms with Crippen molar-refractivity contribution in [2.45, 2.75) is 161 Å². The van der Waals surface area contributed by atoms with Crippen LogP contribution in [-0.2, 0) is 9.94 Å². The lowest BCUT2D eigenvalue weighted by Crippen LogP contribution is -2.60. The minimum absolute atomic E-state index is 0.0284. The van der Waals surface area contributed by atoms with Crippen LogP contribution >= 0.6 is 0 Å². The summed E-state index contributed by atoms with van der Waals surface area (Å²) in [4.78, 5) is 0. The minimum atomic E-state index is -0.492. The van der Waals surface area contributed by atoms with E-state index < -0.39 is 17.2 Å². The number of hydrogen-bond donors (Lipinski definition) is 2. The second-order valence-electron chi connectivity index (χ2n) is 11.7. The Labute approximate surface area is 206 Å². The summed E-state index contributed by atoms with van der Waals surface area (Å²) in [5, 5.41) is 27.3. The zero-order valence-corrected chi connectivity index (χ0v) is 22.8. The Balaban J connectivity index is 1.90. The Morgan fingerprint density at radius 2 is 1.24 bits per heavy atom. The van der Waals surface area contributed by atoms with E-state index in [9.17, 15) is 10.3 Å². The summed E-state index contributed by atoms with van der Waals surface area (Å²) in [5.74, 6) is 0. The maximum Gasteiger partial charge on any atom is 0.0897 e. The smallest absolute Gasteiger partial charge is 0.0897 e. The molecule has 1 saturated heterocycles. The van der Waals surface area contributed by atoms with Gasteiger partial charge in [0, 0.05) is 17.6 Å². The van der Waals surface area contributed by atoms with Crippen LogP contribution in [0.2, 0.25) is 0 Å². The van der Waals surface area contributed by atoms with Crippen molar-refractivity contribution >= 4 is 0 Å². The van der Waals surface area contributed by atoms with Gasteiger partial charge in [0.05, 0.1) is 18.8 Å². The number of hydrogen-bond acceptors (Lipinski definition) is 4. The topological polar surface area (TPSA) is 64.6 Å². The first kappa shape index (κ1) is 30.8.